The average Bonchev–Trinajstić information content (AvgIpc) is 2.92. The molecule has 3 rings (SSSR count). The third-order valence-corrected chi connectivity index (χ3v) is 3.47. The monoisotopic (exact) mass is 333 g/mol. The predicted octanol–water partition coefficient (Wildman–Crippen LogP) is 3.89. The van der Waals surface area contributed by atoms with E-state index in [1.165, 1.54) is 12.1 Å². The molecule has 6 heteroatoms. The molecule has 20 heavy (non-hydrogen) atoms. The van der Waals surface area contributed by atoms with Crippen LogP contribution in [0.1, 0.15) is 0 Å². The van der Waals surface area contributed by atoms with Crippen LogP contribution in [0.15, 0.2) is 51.5 Å². The number of aromatic nitrogens is 2. The lowest BCUT2D eigenvalue weighted by atomic mass is 10.2. The lowest BCUT2D eigenvalue weighted by Gasteiger charge is -1.99. The summed E-state index contributed by atoms with van der Waals surface area (Å²) in [5, 5.41) is 3.85. The molecule has 0 radical (unpaired) electrons. The van der Waals surface area contributed by atoms with Gasteiger partial charge in [0.25, 0.3) is 5.89 Å². The van der Waals surface area contributed by atoms with Crippen molar-refractivity contribution in [1.82, 2.24) is 10.1 Å². The smallest absolute Gasteiger partial charge is 0.258 e. The first-order valence-corrected chi connectivity index (χ1v) is 6.58. The number of hydrogen-bond acceptors (Lipinski definition) is 4. The minimum absolute atomic E-state index is 0.334. The molecule has 0 amide bonds. The zero-order valence-electron chi connectivity index (χ0n) is 10.2. The van der Waals surface area contributed by atoms with Crippen LogP contribution in [0.5, 0.6) is 0 Å². The van der Waals surface area contributed by atoms with Crippen LogP contribution in [0.4, 0.5) is 10.1 Å². The lowest BCUT2D eigenvalue weighted by Crippen LogP contribution is -1.88. The summed E-state index contributed by atoms with van der Waals surface area (Å²) in [5.41, 5.74) is 7.66. The van der Waals surface area contributed by atoms with Gasteiger partial charge in [-0.2, -0.15) is 4.98 Å². The Labute approximate surface area is 122 Å². The first-order chi connectivity index (χ1) is 9.63. The fraction of sp³-hybridized carbons (Fsp3) is 0. The van der Waals surface area contributed by atoms with Crippen molar-refractivity contribution in [2.45, 2.75) is 0 Å². The molecule has 0 aliphatic carbocycles. The fourth-order valence-electron chi connectivity index (χ4n) is 1.76. The van der Waals surface area contributed by atoms with Gasteiger partial charge in [0.15, 0.2) is 0 Å². The molecule has 0 saturated heterocycles. The summed E-state index contributed by atoms with van der Waals surface area (Å²) in [5.74, 6) is 0.325. The van der Waals surface area contributed by atoms with Crippen molar-refractivity contribution in [2.75, 3.05) is 5.73 Å². The number of hydrogen-bond donors (Lipinski definition) is 1. The second kappa shape index (κ2) is 5.05. The summed E-state index contributed by atoms with van der Waals surface area (Å²) >= 11 is 3.32. The third kappa shape index (κ3) is 2.42. The minimum atomic E-state index is -0.346. The molecule has 0 atom stereocenters. The van der Waals surface area contributed by atoms with Gasteiger partial charge in [0.2, 0.25) is 5.82 Å². The number of halogens is 2. The maximum absolute atomic E-state index is 13.2. The van der Waals surface area contributed by atoms with Crippen LogP contribution in [0, 0.1) is 5.82 Å². The Morgan fingerprint density at radius 1 is 1.10 bits per heavy atom. The molecule has 0 saturated carbocycles. The highest BCUT2D eigenvalue weighted by molar-refractivity contribution is 9.10. The van der Waals surface area contributed by atoms with Crippen LogP contribution in [0.2, 0.25) is 0 Å². The van der Waals surface area contributed by atoms with Gasteiger partial charge in [-0.1, -0.05) is 17.3 Å². The summed E-state index contributed by atoms with van der Waals surface area (Å²) < 4.78 is 19.2. The normalized spacial score (nSPS) is 10.7. The first-order valence-electron chi connectivity index (χ1n) is 5.78. The standard InChI is InChI=1S/C14H9BrFN3O/c15-11-5-4-9(7-12(11)17)14-18-13(19-20-14)8-2-1-3-10(16)6-8/h1-7H,17H2. The molecule has 0 aliphatic heterocycles. The summed E-state index contributed by atoms with van der Waals surface area (Å²) in [4.78, 5) is 4.25. The van der Waals surface area contributed by atoms with Crippen molar-refractivity contribution in [3.05, 3.63) is 52.8 Å². The van der Waals surface area contributed by atoms with Gasteiger partial charge in [-0.15, -0.1) is 0 Å². The largest absolute Gasteiger partial charge is 0.398 e. The molecule has 0 bridgehead atoms. The number of nitrogens with zero attached hydrogens (tertiary/aromatic N) is 2. The lowest BCUT2D eigenvalue weighted by molar-refractivity contribution is 0.432. The molecule has 1 heterocycles. The van der Waals surface area contributed by atoms with Crippen LogP contribution in [0.3, 0.4) is 0 Å². The summed E-state index contributed by atoms with van der Waals surface area (Å²) in [7, 11) is 0. The van der Waals surface area contributed by atoms with E-state index in [1.54, 1.807) is 24.3 Å². The zero-order chi connectivity index (χ0) is 14.1. The van der Waals surface area contributed by atoms with E-state index in [9.17, 15) is 4.39 Å². The highest BCUT2D eigenvalue weighted by atomic mass is 79.9. The van der Waals surface area contributed by atoms with E-state index in [2.05, 4.69) is 26.1 Å². The number of benzene rings is 2. The molecular formula is C14H9BrFN3O. The second-order valence-electron chi connectivity index (χ2n) is 4.17. The highest BCUT2D eigenvalue weighted by Crippen LogP contribution is 2.27. The molecule has 0 aliphatic rings. The van der Waals surface area contributed by atoms with Crippen molar-refractivity contribution >= 4 is 21.6 Å². The molecule has 0 spiro atoms. The maximum Gasteiger partial charge on any atom is 0.258 e. The van der Waals surface area contributed by atoms with Gasteiger partial charge in [0.05, 0.1) is 0 Å². The van der Waals surface area contributed by atoms with Crippen LogP contribution < -0.4 is 5.73 Å². The first kappa shape index (κ1) is 12.8. The maximum atomic E-state index is 13.2. The van der Waals surface area contributed by atoms with Crippen LogP contribution in [-0.2, 0) is 0 Å². The second-order valence-corrected chi connectivity index (χ2v) is 5.02. The van der Waals surface area contributed by atoms with Gasteiger partial charge >= 0.3 is 0 Å². The number of rotatable bonds is 2. The Morgan fingerprint density at radius 2 is 1.95 bits per heavy atom. The van der Waals surface area contributed by atoms with Crippen molar-refractivity contribution in [1.29, 1.82) is 0 Å². The number of anilines is 1. The van der Waals surface area contributed by atoms with E-state index in [1.807, 2.05) is 6.07 Å². The molecule has 3 aromatic rings. The topological polar surface area (TPSA) is 64.9 Å². The van der Waals surface area contributed by atoms with Crippen molar-refractivity contribution in [3.8, 4) is 22.8 Å². The van der Waals surface area contributed by atoms with Crippen LogP contribution in [-0.4, -0.2) is 10.1 Å². The Morgan fingerprint density at radius 3 is 2.70 bits per heavy atom. The van der Waals surface area contributed by atoms with E-state index in [0.717, 1.165) is 4.47 Å². The summed E-state index contributed by atoms with van der Waals surface area (Å²) in [6.07, 6.45) is 0. The molecule has 4 nitrogen and oxygen atoms in total. The Bertz CT molecular complexity index is 773. The molecule has 1 aromatic heterocycles. The summed E-state index contributed by atoms with van der Waals surface area (Å²) in [6.45, 7) is 0. The Balaban J connectivity index is 1.99. The van der Waals surface area contributed by atoms with E-state index in [-0.39, 0.29) is 5.82 Å². The van der Waals surface area contributed by atoms with Gasteiger partial charge in [0.1, 0.15) is 5.82 Å². The van der Waals surface area contributed by atoms with E-state index in [0.29, 0.717) is 28.5 Å². The minimum Gasteiger partial charge on any atom is -0.398 e. The van der Waals surface area contributed by atoms with Gasteiger partial charge in [-0.25, -0.2) is 4.39 Å². The van der Waals surface area contributed by atoms with Crippen LogP contribution >= 0.6 is 15.9 Å². The fourth-order valence-corrected chi connectivity index (χ4v) is 2.01. The molecule has 100 valence electrons. The van der Waals surface area contributed by atoms with E-state index < -0.39 is 0 Å². The number of nitrogens with two attached hydrogens (primary N) is 1. The van der Waals surface area contributed by atoms with Gasteiger partial charge < -0.3 is 10.3 Å². The summed E-state index contributed by atoms with van der Waals surface area (Å²) in [6, 6.07) is 11.4. The number of nitrogen functional groups attached to an aromatic ring is 1. The molecular weight excluding hydrogens is 325 g/mol. The SMILES string of the molecule is Nc1cc(-c2nc(-c3cccc(F)c3)no2)ccc1Br. The van der Waals surface area contributed by atoms with Gasteiger partial charge in [-0.3, -0.25) is 0 Å². The predicted molar refractivity (Wildman–Crippen MR) is 77.2 cm³/mol. The van der Waals surface area contributed by atoms with Crippen molar-refractivity contribution in [2.24, 2.45) is 0 Å². The van der Waals surface area contributed by atoms with Crippen molar-refractivity contribution < 1.29 is 8.91 Å². The molecule has 0 unspecified atom stereocenters. The van der Waals surface area contributed by atoms with Gasteiger partial charge in [-0.05, 0) is 46.3 Å². The Kier molecular flexibility index (Phi) is 3.23. The Hall–Kier alpha value is -2.21. The zero-order valence-corrected chi connectivity index (χ0v) is 11.8. The van der Waals surface area contributed by atoms with E-state index >= 15 is 0 Å². The van der Waals surface area contributed by atoms with Crippen molar-refractivity contribution in [3.63, 3.8) is 0 Å². The quantitative estimate of drug-likeness (QED) is 0.722. The molecule has 2 aromatic carbocycles. The van der Waals surface area contributed by atoms with Gasteiger partial charge in [0, 0.05) is 21.3 Å². The highest BCUT2D eigenvalue weighted by Gasteiger charge is 2.12. The van der Waals surface area contributed by atoms with E-state index in [4.69, 9.17) is 10.3 Å². The average molecular weight is 334 g/mol. The third-order valence-electron chi connectivity index (χ3n) is 2.75. The van der Waals surface area contributed by atoms with Crippen LogP contribution in [0.25, 0.3) is 22.8 Å². The molecule has 0 fully saturated rings. The molecule has 2 N–H and O–H groups in total.